The van der Waals surface area contributed by atoms with E-state index in [4.69, 9.17) is 0 Å². The molecule has 18 heavy (non-hydrogen) atoms. The molecular formula is C12H13FN4O. The van der Waals surface area contributed by atoms with Crippen LogP contribution in [0.15, 0.2) is 16.9 Å². The van der Waals surface area contributed by atoms with Crippen LogP contribution in [-0.4, -0.2) is 19.8 Å². The molecule has 3 rings (SSSR count). The Morgan fingerprint density at radius 1 is 1.33 bits per heavy atom. The number of halogens is 1. The molecule has 1 fully saturated rings. The van der Waals surface area contributed by atoms with Crippen LogP contribution in [0.3, 0.4) is 0 Å². The summed E-state index contributed by atoms with van der Waals surface area (Å²) in [6, 6.07) is 3.18. The van der Waals surface area contributed by atoms with Gasteiger partial charge >= 0.3 is 5.69 Å². The summed E-state index contributed by atoms with van der Waals surface area (Å²) in [7, 11) is 1.54. The van der Waals surface area contributed by atoms with Crippen molar-refractivity contribution >= 4 is 0 Å². The van der Waals surface area contributed by atoms with E-state index >= 15 is 0 Å². The number of tetrazole rings is 1. The topological polar surface area (TPSA) is 52.7 Å². The predicted molar refractivity (Wildman–Crippen MR) is 63.3 cm³/mol. The summed E-state index contributed by atoms with van der Waals surface area (Å²) in [5.74, 6) is 0.0987. The molecule has 0 bridgehead atoms. The predicted octanol–water partition coefficient (Wildman–Crippen LogP) is 1.29. The molecule has 1 saturated carbocycles. The van der Waals surface area contributed by atoms with Gasteiger partial charge in [0.25, 0.3) is 0 Å². The average Bonchev–Trinajstić information content (AvgIpc) is 3.12. The van der Waals surface area contributed by atoms with Crippen molar-refractivity contribution in [2.45, 2.75) is 25.7 Å². The van der Waals surface area contributed by atoms with E-state index in [2.05, 4.69) is 10.4 Å². The summed E-state index contributed by atoms with van der Waals surface area (Å²) in [6.07, 6.45) is 2.06. The first-order valence-corrected chi connectivity index (χ1v) is 5.87. The number of benzene rings is 1. The van der Waals surface area contributed by atoms with Crippen LogP contribution in [-0.2, 0) is 7.05 Å². The van der Waals surface area contributed by atoms with Crippen molar-refractivity contribution < 1.29 is 4.39 Å². The van der Waals surface area contributed by atoms with Crippen molar-refractivity contribution in [1.82, 2.24) is 19.8 Å². The van der Waals surface area contributed by atoms with Gasteiger partial charge in [0.15, 0.2) is 0 Å². The zero-order chi connectivity index (χ0) is 12.9. The fraction of sp³-hybridized carbons (Fsp3) is 0.417. The number of nitrogens with zero attached hydrogens (tertiary/aromatic N) is 4. The van der Waals surface area contributed by atoms with E-state index in [0.29, 0.717) is 17.2 Å². The Kier molecular flexibility index (Phi) is 2.33. The monoisotopic (exact) mass is 248 g/mol. The van der Waals surface area contributed by atoms with Crippen molar-refractivity contribution in [2.24, 2.45) is 7.05 Å². The molecule has 0 N–H and O–H groups in total. The van der Waals surface area contributed by atoms with Crippen molar-refractivity contribution in [3.8, 4) is 5.69 Å². The van der Waals surface area contributed by atoms with E-state index < -0.39 is 0 Å². The van der Waals surface area contributed by atoms with Gasteiger partial charge in [-0.3, -0.25) is 0 Å². The van der Waals surface area contributed by atoms with Crippen LogP contribution in [0.4, 0.5) is 4.39 Å². The maximum Gasteiger partial charge on any atom is 0.368 e. The maximum atomic E-state index is 13.6. The van der Waals surface area contributed by atoms with Gasteiger partial charge in [-0.05, 0) is 59.4 Å². The molecule has 1 aromatic heterocycles. The number of hydrogen-bond acceptors (Lipinski definition) is 3. The molecule has 0 atom stereocenters. The van der Waals surface area contributed by atoms with Crippen LogP contribution >= 0.6 is 0 Å². The van der Waals surface area contributed by atoms with Gasteiger partial charge in [-0.2, -0.15) is 9.36 Å². The molecule has 1 heterocycles. The Morgan fingerprint density at radius 2 is 2.06 bits per heavy atom. The van der Waals surface area contributed by atoms with Crippen LogP contribution < -0.4 is 5.69 Å². The van der Waals surface area contributed by atoms with Crippen molar-refractivity contribution in [1.29, 1.82) is 0 Å². The standard InChI is InChI=1S/C12H13FN4O/c1-7-5-11(17-12(18)16(2)14-15-17)9(6-10(7)13)8-3-4-8/h5-6,8H,3-4H2,1-2H3. The number of rotatable bonds is 2. The molecule has 6 heteroatoms. The molecule has 0 saturated heterocycles. The third-order valence-electron chi connectivity index (χ3n) is 3.27. The smallest absolute Gasteiger partial charge is 0.244 e. The summed E-state index contributed by atoms with van der Waals surface area (Å²) in [5.41, 5.74) is 1.69. The maximum absolute atomic E-state index is 13.6. The molecule has 1 aliphatic rings. The molecule has 0 radical (unpaired) electrons. The van der Waals surface area contributed by atoms with Crippen molar-refractivity contribution in [3.05, 3.63) is 39.6 Å². The highest BCUT2D eigenvalue weighted by Gasteiger charge is 2.28. The summed E-state index contributed by atoms with van der Waals surface area (Å²) >= 11 is 0. The molecule has 0 aliphatic heterocycles. The van der Waals surface area contributed by atoms with E-state index in [-0.39, 0.29) is 11.5 Å². The Balaban J connectivity index is 2.24. The highest BCUT2D eigenvalue weighted by molar-refractivity contribution is 5.47. The Labute approximate surface area is 103 Å². The highest BCUT2D eigenvalue weighted by atomic mass is 19.1. The second-order valence-corrected chi connectivity index (χ2v) is 4.73. The van der Waals surface area contributed by atoms with Crippen LogP contribution in [0.1, 0.15) is 29.9 Å². The lowest BCUT2D eigenvalue weighted by molar-refractivity contribution is 0.614. The van der Waals surface area contributed by atoms with Gasteiger partial charge in [-0.1, -0.05) is 0 Å². The van der Waals surface area contributed by atoms with Gasteiger partial charge in [0.1, 0.15) is 5.82 Å². The first-order valence-electron chi connectivity index (χ1n) is 5.87. The summed E-state index contributed by atoms with van der Waals surface area (Å²) < 4.78 is 16.0. The van der Waals surface area contributed by atoms with Crippen LogP contribution in [0.2, 0.25) is 0 Å². The minimum Gasteiger partial charge on any atom is -0.244 e. The number of aryl methyl sites for hydroxylation is 2. The van der Waals surface area contributed by atoms with E-state index in [1.54, 1.807) is 20.0 Å². The minimum atomic E-state index is -0.317. The van der Waals surface area contributed by atoms with E-state index in [9.17, 15) is 9.18 Å². The Bertz CT molecular complexity index is 669. The molecule has 0 unspecified atom stereocenters. The van der Waals surface area contributed by atoms with E-state index in [1.165, 1.54) is 10.7 Å². The molecule has 1 aromatic carbocycles. The van der Waals surface area contributed by atoms with Gasteiger partial charge in [-0.25, -0.2) is 9.18 Å². The second-order valence-electron chi connectivity index (χ2n) is 4.73. The number of hydrogen-bond donors (Lipinski definition) is 0. The zero-order valence-corrected chi connectivity index (χ0v) is 10.2. The van der Waals surface area contributed by atoms with Gasteiger partial charge in [0.2, 0.25) is 0 Å². The lowest BCUT2D eigenvalue weighted by Gasteiger charge is -2.09. The normalized spacial score (nSPS) is 15.1. The summed E-state index contributed by atoms with van der Waals surface area (Å²) in [5, 5.41) is 7.51. The largest absolute Gasteiger partial charge is 0.368 e. The first-order chi connectivity index (χ1) is 8.58. The van der Waals surface area contributed by atoms with E-state index in [0.717, 1.165) is 23.1 Å². The van der Waals surface area contributed by atoms with Crippen LogP contribution in [0.25, 0.3) is 5.69 Å². The fourth-order valence-electron chi connectivity index (χ4n) is 2.05. The Morgan fingerprint density at radius 3 is 2.61 bits per heavy atom. The van der Waals surface area contributed by atoms with Gasteiger partial charge in [-0.15, -0.1) is 0 Å². The third kappa shape index (κ3) is 1.64. The van der Waals surface area contributed by atoms with Gasteiger partial charge in [0, 0.05) is 7.05 Å². The molecule has 1 aliphatic carbocycles. The lowest BCUT2D eigenvalue weighted by Crippen LogP contribution is -2.23. The summed E-state index contributed by atoms with van der Waals surface area (Å²) in [6.45, 7) is 1.68. The highest BCUT2D eigenvalue weighted by Crippen LogP contribution is 2.43. The quantitative estimate of drug-likeness (QED) is 0.804. The zero-order valence-electron chi connectivity index (χ0n) is 10.2. The van der Waals surface area contributed by atoms with Crippen molar-refractivity contribution in [3.63, 3.8) is 0 Å². The molecule has 5 nitrogen and oxygen atoms in total. The number of aromatic nitrogens is 4. The van der Waals surface area contributed by atoms with Gasteiger partial charge < -0.3 is 0 Å². The minimum absolute atomic E-state index is 0.238. The molecular weight excluding hydrogens is 235 g/mol. The SMILES string of the molecule is Cc1cc(-n2nnn(C)c2=O)c(C2CC2)cc1F. The molecule has 2 aromatic rings. The molecule has 0 spiro atoms. The van der Waals surface area contributed by atoms with Crippen LogP contribution in [0.5, 0.6) is 0 Å². The van der Waals surface area contributed by atoms with Crippen LogP contribution in [0, 0.1) is 12.7 Å². The fourth-order valence-corrected chi connectivity index (χ4v) is 2.05. The van der Waals surface area contributed by atoms with Crippen molar-refractivity contribution in [2.75, 3.05) is 0 Å². The van der Waals surface area contributed by atoms with Gasteiger partial charge in [0.05, 0.1) is 5.69 Å². The third-order valence-corrected chi connectivity index (χ3v) is 3.27. The molecule has 0 amide bonds. The lowest BCUT2D eigenvalue weighted by atomic mass is 10.1. The van der Waals surface area contributed by atoms with E-state index in [1.807, 2.05) is 0 Å². The second kappa shape index (κ2) is 3.76. The Hall–Kier alpha value is -1.98. The summed E-state index contributed by atoms with van der Waals surface area (Å²) in [4.78, 5) is 11.9. The average molecular weight is 248 g/mol. The molecule has 94 valence electrons. The first kappa shape index (κ1) is 11.1.